The van der Waals surface area contributed by atoms with Crippen LogP contribution in [0.1, 0.15) is 26.2 Å². The Kier molecular flexibility index (Phi) is 6.28. The van der Waals surface area contributed by atoms with Crippen LogP contribution in [-0.2, 0) is 10.2 Å². The van der Waals surface area contributed by atoms with Crippen molar-refractivity contribution in [2.24, 2.45) is 0 Å². The van der Waals surface area contributed by atoms with Crippen LogP contribution in [0.15, 0.2) is 0 Å². The van der Waals surface area contributed by atoms with Crippen LogP contribution in [0.3, 0.4) is 0 Å². The van der Waals surface area contributed by atoms with Gasteiger partial charge in [0.15, 0.2) is 0 Å². The van der Waals surface area contributed by atoms with Gasteiger partial charge in [-0.2, -0.15) is 25.9 Å². The molecule has 136 valence electrons. The van der Waals surface area contributed by atoms with Crippen LogP contribution in [0, 0.1) is 0 Å². The summed E-state index contributed by atoms with van der Waals surface area (Å²) in [4.78, 5) is 1.29. The Labute approximate surface area is 135 Å². The molecule has 2 N–H and O–H groups in total. The fourth-order valence-corrected chi connectivity index (χ4v) is 4.62. The summed E-state index contributed by atoms with van der Waals surface area (Å²) in [5, 5.41) is 2.99. The molecule has 2 rings (SSSR count). The minimum atomic E-state index is -4.46. The molecule has 0 aromatic rings. The minimum Gasteiger partial charge on any atom is -0.314 e. The third kappa shape index (κ3) is 5.02. The van der Waals surface area contributed by atoms with E-state index < -0.39 is 29.0 Å². The number of nitrogens with one attached hydrogen (secondary N) is 2. The summed E-state index contributed by atoms with van der Waals surface area (Å²) >= 11 is 0. The number of halogens is 3. The SMILES string of the molecule is CC1CCCCN1S(=O)(=O)NCC(N1CCNCC1)C(F)(F)F. The first-order chi connectivity index (χ1) is 10.7. The Morgan fingerprint density at radius 1 is 1.22 bits per heavy atom. The second kappa shape index (κ2) is 7.64. The Bertz CT molecular complexity index is 480. The Morgan fingerprint density at radius 3 is 2.43 bits per heavy atom. The van der Waals surface area contributed by atoms with Crippen molar-refractivity contribution in [1.82, 2.24) is 19.2 Å². The molecule has 0 radical (unpaired) electrons. The lowest BCUT2D eigenvalue weighted by Gasteiger charge is -2.37. The third-order valence-electron chi connectivity index (χ3n) is 4.48. The molecule has 2 saturated heterocycles. The number of hydrogen-bond donors (Lipinski definition) is 2. The number of hydrogen-bond acceptors (Lipinski definition) is 4. The summed E-state index contributed by atoms with van der Waals surface area (Å²) in [7, 11) is -3.89. The quantitative estimate of drug-likeness (QED) is 0.753. The number of rotatable bonds is 5. The summed E-state index contributed by atoms with van der Waals surface area (Å²) < 4.78 is 68.0. The van der Waals surface area contributed by atoms with E-state index in [4.69, 9.17) is 0 Å². The Hall–Kier alpha value is -0.420. The van der Waals surface area contributed by atoms with E-state index in [9.17, 15) is 21.6 Å². The maximum Gasteiger partial charge on any atom is 0.405 e. The van der Waals surface area contributed by atoms with Gasteiger partial charge in [0.05, 0.1) is 0 Å². The average molecular weight is 358 g/mol. The molecule has 0 saturated carbocycles. The molecule has 2 aliphatic rings. The smallest absolute Gasteiger partial charge is 0.314 e. The number of piperazine rings is 1. The third-order valence-corrected chi connectivity index (χ3v) is 6.17. The van der Waals surface area contributed by atoms with Crippen LogP contribution in [-0.4, -0.2) is 75.2 Å². The van der Waals surface area contributed by atoms with Crippen LogP contribution >= 0.6 is 0 Å². The second-order valence-corrected chi connectivity index (χ2v) is 7.86. The van der Waals surface area contributed by atoms with Gasteiger partial charge in [-0.05, 0) is 19.8 Å². The topological polar surface area (TPSA) is 64.7 Å². The molecular weight excluding hydrogens is 333 g/mol. The van der Waals surface area contributed by atoms with Crippen LogP contribution in [0.25, 0.3) is 0 Å². The zero-order valence-corrected chi connectivity index (χ0v) is 14.1. The van der Waals surface area contributed by atoms with Crippen molar-refractivity contribution in [3.05, 3.63) is 0 Å². The summed E-state index contributed by atoms with van der Waals surface area (Å²) in [6.07, 6.45) is -2.04. The van der Waals surface area contributed by atoms with Crippen LogP contribution in [0.2, 0.25) is 0 Å². The van der Waals surface area contributed by atoms with Gasteiger partial charge in [0, 0.05) is 45.3 Å². The lowest BCUT2D eigenvalue weighted by atomic mass is 10.1. The van der Waals surface area contributed by atoms with Gasteiger partial charge in [0.2, 0.25) is 0 Å². The van der Waals surface area contributed by atoms with Crippen LogP contribution < -0.4 is 10.0 Å². The highest BCUT2D eigenvalue weighted by atomic mass is 32.2. The molecule has 0 aliphatic carbocycles. The summed E-state index contributed by atoms with van der Waals surface area (Å²) in [6, 6.07) is -1.97. The van der Waals surface area contributed by atoms with E-state index in [-0.39, 0.29) is 19.1 Å². The van der Waals surface area contributed by atoms with Gasteiger partial charge in [-0.15, -0.1) is 0 Å². The average Bonchev–Trinajstić information content (AvgIpc) is 2.47. The van der Waals surface area contributed by atoms with Gasteiger partial charge in [-0.3, -0.25) is 4.90 Å². The molecule has 10 heteroatoms. The van der Waals surface area contributed by atoms with E-state index in [1.165, 1.54) is 9.21 Å². The van der Waals surface area contributed by atoms with Crippen molar-refractivity contribution in [2.75, 3.05) is 39.3 Å². The number of nitrogens with zero attached hydrogens (tertiary/aromatic N) is 2. The molecule has 0 spiro atoms. The highest BCUT2D eigenvalue weighted by molar-refractivity contribution is 7.87. The number of piperidine rings is 1. The van der Waals surface area contributed by atoms with Gasteiger partial charge in [-0.25, -0.2) is 4.72 Å². The molecule has 2 atom stereocenters. The van der Waals surface area contributed by atoms with Crippen LogP contribution in [0.4, 0.5) is 13.2 Å². The molecular formula is C13H25F3N4O2S. The molecule has 2 unspecified atom stereocenters. The van der Waals surface area contributed by atoms with Gasteiger partial charge >= 0.3 is 6.18 Å². The Morgan fingerprint density at radius 2 is 1.87 bits per heavy atom. The molecule has 23 heavy (non-hydrogen) atoms. The van der Waals surface area contributed by atoms with E-state index in [1.54, 1.807) is 6.92 Å². The zero-order chi connectivity index (χ0) is 17.1. The standard InChI is InChI=1S/C13H25F3N4O2S/c1-11-4-2-3-7-20(11)23(21,22)18-10-12(13(14,15)16)19-8-5-17-6-9-19/h11-12,17-18H,2-10H2,1H3. The van der Waals surface area contributed by atoms with Gasteiger partial charge < -0.3 is 5.32 Å². The maximum absolute atomic E-state index is 13.3. The van der Waals surface area contributed by atoms with Gasteiger partial charge in [0.25, 0.3) is 10.2 Å². The highest BCUT2D eigenvalue weighted by Gasteiger charge is 2.44. The summed E-state index contributed by atoms with van der Waals surface area (Å²) in [5.41, 5.74) is 0. The molecule has 2 aliphatic heterocycles. The molecule has 0 bridgehead atoms. The predicted octanol–water partition coefficient (Wildman–Crippen LogP) is 0.531. The van der Waals surface area contributed by atoms with E-state index in [1.807, 2.05) is 0 Å². The van der Waals surface area contributed by atoms with Crippen molar-refractivity contribution < 1.29 is 21.6 Å². The van der Waals surface area contributed by atoms with E-state index in [2.05, 4.69) is 10.0 Å². The predicted molar refractivity (Wildman–Crippen MR) is 81.2 cm³/mol. The fraction of sp³-hybridized carbons (Fsp3) is 1.00. The summed E-state index contributed by atoms with van der Waals surface area (Å²) in [6.45, 7) is 2.97. The van der Waals surface area contributed by atoms with E-state index in [0.717, 1.165) is 19.3 Å². The molecule has 2 heterocycles. The normalized spacial score (nSPS) is 27.0. The monoisotopic (exact) mass is 358 g/mol. The number of alkyl halides is 3. The van der Waals surface area contributed by atoms with Crippen molar-refractivity contribution in [3.8, 4) is 0 Å². The molecule has 0 aromatic heterocycles. The molecule has 0 aromatic carbocycles. The Balaban J connectivity index is 2.02. The van der Waals surface area contributed by atoms with E-state index >= 15 is 0 Å². The van der Waals surface area contributed by atoms with Crippen molar-refractivity contribution in [3.63, 3.8) is 0 Å². The van der Waals surface area contributed by atoms with Crippen molar-refractivity contribution in [2.45, 2.75) is 44.4 Å². The lowest BCUT2D eigenvalue weighted by Crippen LogP contribution is -2.59. The lowest BCUT2D eigenvalue weighted by molar-refractivity contribution is -0.182. The molecule has 2 fully saturated rings. The first-order valence-electron chi connectivity index (χ1n) is 8.00. The van der Waals surface area contributed by atoms with Gasteiger partial charge in [-0.1, -0.05) is 6.42 Å². The second-order valence-electron chi connectivity index (χ2n) is 6.15. The van der Waals surface area contributed by atoms with Gasteiger partial charge in [0.1, 0.15) is 6.04 Å². The highest BCUT2D eigenvalue weighted by Crippen LogP contribution is 2.25. The zero-order valence-electron chi connectivity index (χ0n) is 13.3. The van der Waals surface area contributed by atoms with Crippen molar-refractivity contribution in [1.29, 1.82) is 0 Å². The maximum atomic E-state index is 13.3. The van der Waals surface area contributed by atoms with Crippen LogP contribution in [0.5, 0.6) is 0 Å². The largest absolute Gasteiger partial charge is 0.405 e. The first-order valence-corrected chi connectivity index (χ1v) is 9.44. The molecule has 0 amide bonds. The first kappa shape index (κ1) is 18.9. The molecule has 6 nitrogen and oxygen atoms in total. The fourth-order valence-electron chi connectivity index (χ4n) is 3.14. The summed E-state index contributed by atoms with van der Waals surface area (Å²) in [5.74, 6) is 0. The van der Waals surface area contributed by atoms with E-state index in [0.29, 0.717) is 19.6 Å². The van der Waals surface area contributed by atoms with Crippen molar-refractivity contribution >= 4 is 10.2 Å². The minimum absolute atomic E-state index is 0.176.